The molecule has 0 aliphatic heterocycles. The molecule has 5 nitrogen and oxygen atoms in total. The van der Waals surface area contributed by atoms with Gasteiger partial charge in [-0.1, -0.05) is 17.7 Å². The van der Waals surface area contributed by atoms with Gasteiger partial charge in [-0.3, -0.25) is 4.79 Å². The van der Waals surface area contributed by atoms with Gasteiger partial charge in [-0.25, -0.2) is 0 Å². The van der Waals surface area contributed by atoms with Crippen molar-refractivity contribution in [2.75, 3.05) is 19.0 Å². The Morgan fingerprint density at radius 3 is 2.78 bits per heavy atom. The molecule has 0 fully saturated rings. The number of amides is 1. The summed E-state index contributed by atoms with van der Waals surface area (Å²) in [4.78, 5) is 12.5. The number of nitriles is 1. The number of carbonyl (C=O) groups excluding carboxylic acids is 1. The Labute approximate surface area is 171 Å². The van der Waals surface area contributed by atoms with E-state index in [0.29, 0.717) is 38.9 Å². The van der Waals surface area contributed by atoms with Crippen molar-refractivity contribution >= 4 is 45.2 Å². The Kier molecular flexibility index (Phi) is 7.28. The number of benzene rings is 2. The highest BCUT2D eigenvalue weighted by atomic mass is 79.9. The van der Waals surface area contributed by atoms with Crippen molar-refractivity contribution in [3.05, 3.63) is 56.5 Å². The molecule has 0 saturated carbocycles. The Hall–Kier alpha value is -2.49. The molecule has 2 aromatic carbocycles. The van der Waals surface area contributed by atoms with Crippen LogP contribution < -0.4 is 14.8 Å². The van der Waals surface area contributed by atoms with Crippen LogP contribution >= 0.6 is 27.5 Å². The van der Waals surface area contributed by atoms with Crippen LogP contribution in [0.5, 0.6) is 11.5 Å². The van der Waals surface area contributed by atoms with E-state index in [1.165, 1.54) is 6.08 Å². The predicted molar refractivity (Wildman–Crippen MR) is 110 cm³/mol. The van der Waals surface area contributed by atoms with Gasteiger partial charge in [0.2, 0.25) is 0 Å². The van der Waals surface area contributed by atoms with Crippen molar-refractivity contribution in [2.45, 2.75) is 13.8 Å². The summed E-state index contributed by atoms with van der Waals surface area (Å²) in [6.07, 6.45) is 1.49. The standard InChI is InChI=1S/C20H18BrClN2O3/c1-4-27-18-10-13(9-15(21)19(18)26-3)8-14(11-23)20(25)24-17-7-5-6-16(22)12(17)2/h5-10H,4H2,1-3H3,(H,24,25)/b14-8+. The van der Waals surface area contributed by atoms with E-state index in [0.717, 1.165) is 5.56 Å². The van der Waals surface area contributed by atoms with E-state index in [2.05, 4.69) is 21.2 Å². The van der Waals surface area contributed by atoms with Gasteiger partial charge in [0.15, 0.2) is 11.5 Å². The van der Waals surface area contributed by atoms with Gasteiger partial charge in [0.1, 0.15) is 11.6 Å². The Morgan fingerprint density at radius 2 is 2.15 bits per heavy atom. The molecule has 0 aliphatic carbocycles. The molecule has 2 aromatic rings. The van der Waals surface area contributed by atoms with Crippen LogP contribution in [0.1, 0.15) is 18.1 Å². The third-order valence-electron chi connectivity index (χ3n) is 3.73. The Bertz CT molecular complexity index is 936. The lowest BCUT2D eigenvalue weighted by atomic mass is 10.1. The minimum atomic E-state index is -0.521. The maximum Gasteiger partial charge on any atom is 0.266 e. The SMILES string of the molecule is CCOc1cc(/C=C(\C#N)C(=O)Nc2cccc(Cl)c2C)cc(Br)c1OC. The number of hydrogen-bond donors (Lipinski definition) is 1. The molecule has 27 heavy (non-hydrogen) atoms. The molecule has 0 bridgehead atoms. The fourth-order valence-electron chi connectivity index (χ4n) is 2.38. The average Bonchev–Trinajstić information content (AvgIpc) is 2.63. The third kappa shape index (κ3) is 5.03. The first kappa shape index (κ1) is 20.8. The van der Waals surface area contributed by atoms with Gasteiger partial charge >= 0.3 is 0 Å². The van der Waals surface area contributed by atoms with Crippen LogP contribution in [-0.4, -0.2) is 19.6 Å². The molecular formula is C20H18BrClN2O3. The van der Waals surface area contributed by atoms with E-state index in [-0.39, 0.29) is 5.57 Å². The van der Waals surface area contributed by atoms with Gasteiger partial charge < -0.3 is 14.8 Å². The van der Waals surface area contributed by atoms with E-state index in [1.807, 2.05) is 13.0 Å². The zero-order valence-electron chi connectivity index (χ0n) is 15.1. The summed E-state index contributed by atoms with van der Waals surface area (Å²) in [5.41, 5.74) is 1.87. The summed E-state index contributed by atoms with van der Waals surface area (Å²) in [5, 5.41) is 12.7. The number of carbonyl (C=O) groups is 1. The van der Waals surface area contributed by atoms with Crippen LogP contribution in [0.4, 0.5) is 5.69 Å². The molecule has 0 unspecified atom stereocenters. The number of methoxy groups -OCH3 is 1. The molecule has 1 amide bonds. The van der Waals surface area contributed by atoms with Crippen LogP contribution in [0, 0.1) is 18.3 Å². The minimum absolute atomic E-state index is 0.0473. The van der Waals surface area contributed by atoms with E-state index in [9.17, 15) is 10.1 Å². The number of anilines is 1. The van der Waals surface area contributed by atoms with Crippen molar-refractivity contribution in [2.24, 2.45) is 0 Å². The first-order valence-electron chi connectivity index (χ1n) is 8.09. The second-order valence-electron chi connectivity index (χ2n) is 5.50. The highest BCUT2D eigenvalue weighted by molar-refractivity contribution is 9.10. The molecule has 0 saturated heterocycles. The first-order valence-corrected chi connectivity index (χ1v) is 9.27. The van der Waals surface area contributed by atoms with Crippen LogP contribution in [0.3, 0.4) is 0 Å². The van der Waals surface area contributed by atoms with Crippen molar-refractivity contribution in [1.29, 1.82) is 5.26 Å². The van der Waals surface area contributed by atoms with E-state index in [4.69, 9.17) is 21.1 Å². The van der Waals surface area contributed by atoms with Crippen LogP contribution in [-0.2, 0) is 4.79 Å². The summed E-state index contributed by atoms with van der Waals surface area (Å²) < 4.78 is 11.5. The molecule has 0 atom stereocenters. The van der Waals surface area contributed by atoms with Gasteiger partial charge in [0, 0.05) is 10.7 Å². The van der Waals surface area contributed by atoms with Crippen LogP contribution in [0.15, 0.2) is 40.4 Å². The fraction of sp³-hybridized carbons (Fsp3) is 0.200. The maximum atomic E-state index is 12.5. The largest absolute Gasteiger partial charge is 0.492 e. The van der Waals surface area contributed by atoms with Crippen LogP contribution in [0.25, 0.3) is 6.08 Å². The molecule has 0 spiro atoms. The zero-order chi connectivity index (χ0) is 20.0. The van der Waals surface area contributed by atoms with Crippen molar-refractivity contribution in [3.63, 3.8) is 0 Å². The summed E-state index contributed by atoms with van der Waals surface area (Å²) >= 11 is 9.49. The number of halogens is 2. The van der Waals surface area contributed by atoms with Gasteiger partial charge in [-0.05, 0) is 71.2 Å². The monoisotopic (exact) mass is 448 g/mol. The Balaban J connectivity index is 2.36. The van der Waals surface area contributed by atoms with Gasteiger partial charge in [-0.15, -0.1) is 0 Å². The Morgan fingerprint density at radius 1 is 1.41 bits per heavy atom. The minimum Gasteiger partial charge on any atom is -0.492 e. The van der Waals surface area contributed by atoms with Gasteiger partial charge in [0.25, 0.3) is 5.91 Å². The molecule has 2 rings (SSSR count). The lowest BCUT2D eigenvalue weighted by Gasteiger charge is -2.12. The second kappa shape index (κ2) is 9.45. The van der Waals surface area contributed by atoms with Gasteiger partial charge in [-0.2, -0.15) is 5.26 Å². The topological polar surface area (TPSA) is 71.3 Å². The average molecular weight is 450 g/mol. The van der Waals surface area contributed by atoms with Crippen molar-refractivity contribution in [3.8, 4) is 17.6 Å². The summed E-state index contributed by atoms with van der Waals surface area (Å²) in [6, 6.07) is 10.6. The van der Waals surface area contributed by atoms with Crippen molar-refractivity contribution < 1.29 is 14.3 Å². The maximum absolute atomic E-state index is 12.5. The highest BCUT2D eigenvalue weighted by Crippen LogP contribution is 2.37. The molecular weight excluding hydrogens is 432 g/mol. The van der Waals surface area contributed by atoms with E-state index < -0.39 is 5.91 Å². The number of rotatable bonds is 6. The molecule has 0 radical (unpaired) electrons. The number of nitrogens with one attached hydrogen (secondary N) is 1. The first-order chi connectivity index (χ1) is 12.9. The second-order valence-corrected chi connectivity index (χ2v) is 6.76. The fourth-order valence-corrected chi connectivity index (χ4v) is 3.18. The molecule has 140 valence electrons. The van der Waals surface area contributed by atoms with Crippen LogP contribution in [0.2, 0.25) is 5.02 Å². The number of nitrogens with zero attached hydrogens (tertiary/aromatic N) is 1. The van der Waals surface area contributed by atoms with E-state index >= 15 is 0 Å². The lowest BCUT2D eigenvalue weighted by Crippen LogP contribution is -2.14. The molecule has 7 heteroatoms. The number of hydrogen-bond acceptors (Lipinski definition) is 4. The molecule has 0 aliphatic rings. The summed E-state index contributed by atoms with van der Waals surface area (Å²) in [5.74, 6) is 0.545. The molecule has 0 heterocycles. The smallest absolute Gasteiger partial charge is 0.266 e. The molecule has 1 N–H and O–H groups in total. The third-order valence-corrected chi connectivity index (χ3v) is 4.73. The summed E-state index contributed by atoms with van der Waals surface area (Å²) in [7, 11) is 1.54. The quantitative estimate of drug-likeness (QED) is 0.476. The zero-order valence-corrected chi connectivity index (χ0v) is 17.4. The van der Waals surface area contributed by atoms with E-state index in [1.54, 1.807) is 44.4 Å². The normalized spacial score (nSPS) is 10.9. The highest BCUT2D eigenvalue weighted by Gasteiger charge is 2.14. The van der Waals surface area contributed by atoms with Crippen molar-refractivity contribution in [1.82, 2.24) is 0 Å². The predicted octanol–water partition coefficient (Wildman–Crippen LogP) is 5.36. The molecule has 0 aromatic heterocycles. The number of ether oxygens (including phenoxy) is 2. The van der Waals surface area contributed by atoms with Gasteiger partial charge in [0.05, 0.1) is 18.2 Å². The summed E-state index contributed by atoms with van der Waals surface area (Å²) in [6.45, 7) is 4.11. The lowest BCUT2D eigenvalue weighted by molar-refractivity contribution is -0.112.